The molecule has 0 aliphatic rings. The maximum absolute atomic E-state index is 11.8. The molecule has 1 amide bonds. The number of phenolic OH excluding ortho intramolecular Hbond substituents is 1. The van der Waals surface area contributed by atoms with E-state index in [0.29, 0.717) is 18.7 Å². The average molecular weight is 319 g/mol. The Kier molecular flexibility index (Phi) is 8.88. The number of ether oxygens (including phenoxy) is 1. The molecule has 1 aromatic carbocycles. The fourth-order valence-electron chi connectivity index (χ4n) is 2.11. The van der Waals surface area contributed by atoms with E-state index in [1.54, 1.807) is 18.2 Å². The van der Waals surface area contributed by atoms with Gasteiger partial charge in [-0.15, -0.1) is 0 Å². The second-order valence-corrected chi connectivity index (χ2v) is 5.90. The molecular formula is C19H29NO3. The molecule has 0 aromatic heterocycles. The third kappa shape index (κ3) is 7.73. The summed E-state index contributed by atoms with van der Waals surface area (Å²) < 4.78 is 5.05. The third-order valence-electron chi connectivity index (χ3n) is 3.91. The lowest BCUT2D eigenvalue weighted by Crippen LogP contribution is -2.22. The van der Waals surface area contributed by atoms with Gasteiger partial charge >= 0.3 is 0 Å². The molecule has 0 saturated carbocycles. The summed E-state index contributed by atoms with van der Waals surface area (Å²) in [6.07, 6.45) is 9.04. The Morgan fingerprint density at radius 2 is 2.17 bits per heavy atom. The van der Waals surface area contributed by atoms with Crippen LogP contribution < -0.4 is 10.1 Å². The van der Waals surface area contributed by atoms with Crippen molar-refractivity contribution in [3.05, 3.63) is 35.9 Å². The minimum Gasteiger partial charge on any atom is -0.504 e. The minimum absolute atomic E-state index is 0.0485. The van der Waals surface area contributed by atoms with Crippen LogP contribution in [0.2, 0.25) is 0 Å². The van der Waals surface area contributed by atoms with Crippen molar-refractivity contribution >= 4 is 5.91 Å². The van der Waals surface area contributed by atoms with Gasteiger partial charge in [-0.25, -0.2) is 0 Å². The quantitative estimate of drug-likeness (QED) is 0.502. The molecule has 0 aliphatic carbocycles. The number of amides is 1. The lowest BCUT2D eigenvalue weighted by molar-refractivity contribution is -0.121. The number of aromatic hydroxyl groups is 1. The van der Waals surface area contributed by atoms with Gasteiger partial charge in [-0.2, -0.15) is 0 Å². The van der Waals surface area contributed by atoms with Crippen LogP contribution in [0.3, 0.4) is 0 Å². The fourth-order valence-corrected chi connectivity index (χ4v) is 2.11. The smallest absolute Gasteiger partial charge is 0.220 e. The summed E-state index contributed by atoms with van der Waals surface area (Å²) in [5, 5.41) is 12.4. The predicted molar refractivity (Wildman–Crippen MR) is 93.6 cm³/mol. The second kappa shape index (κ2) is 10.7. The average Bonchev–Trinajstić information content (AvgIpc) is 2.56. The maximum Gasteiger partial charge on any atom is 0.220 e. The molecule has 1 atom stereocenters. The van der Waals surface area contributed by atoms with Crippen molar-refractivity contribution < 1.29 is 14.6 Å². The number of carbonyl (C=O) groups is 1. The van der Waals surface area contributed by atoms with Crippen molar-refractivity contribution in [1.29, 1.82) is 0 Å². The molecule has 4 nitrogen and oxygen atoms in total. The normalized spacial score (nSPS) is 12.3. The van der Waals surface area contributed by atoms with Gasteiger partial charge in [-0.05, 0) is 42.9 Å². The van der Waals surface area contributed by atoms with E-state index >= 15 is 0 Å². The van der Waals surface area contributed by atoms with Gasteiger partial charge < -0.3 is 15.2 Å². The first-order valence-corrected chi connectivity index (χ1v) is 8.34. The standard InChI is InChI=1S/C19H29NO3/c1-4-15(2)9-7-5-6-8-10-19(22)20-14-16-11-12-17(21)18(13-16)23-3/h5,7,11-13,15,21H,4,6,8-10,14H2,1-3H3,(H,20,22)/b7-5+. The number of hydrogen-bond acceptors (Lipinski definition) is 3. The van der Waals surface area contributed by atoms with Crippen LogP contribution in [0, 0.1) is 5.92 Å². The fraction of sp³-hybridized carbons (Fsp3) is 0.526. The van der Waals surface area contributed by atoms with E-state index in [2.05, 4.69) is 31.3 Å². The van der Waals surface area contributed by atoms with E-state index in [1.807, 2.05) is 0 Å². The minimum atomic E-state index is 0.0485. The molecule has 4 heteroatoms. The molecule has 2 N–H and O–H groups in total. The molecule has 1 unspecified atom stereocenters. The van der Waals surface area contributed by atoms with Crippen molar-refractivity contribution in [1.82, 2.24) is 5.32 Å². The Morgan fingerprint density at radius 1 is 1.39 bits per heavy atom. The van der Waals surface area contributed by atoms with E-state index < -0.39 is 0 Å². The summed E-state index contributed by atoms with van der Waals surface area (Å²) >= 11 is 0. The topological polar surface area (TPSA) is 58.6 Å². The van der Waals surface area contributed by atoms with Crippen molar-refractivity contribution in [3.63, 3.8) is 0 Å². The van der Waals surface area contributed by atoms with E-state index in [1.165, 1.54) is 13.5 Å². The largest absolute Gasteiger partial charge is 0.504 e. The molecule has 128 valence electrons. The highest BCUT2D eigenvalue weighted by atomic mass is 16.5. The van der Waals surface area contributed by atoms with Crippen LogP contribution in [-0.2, 0) is 11.3 Å². The number of carbonyl (C=O) groups excluding carboxylic acids is 1. The number of methoxy groups -OCH3 is 1. The predicted octanol–water partition coefficient (Wildman–Crippen LogP) is 4.18. The number of benzene rings is 1. The first-order valence-electron chi connectivity index (χ1n) is 8.34. The zero-order chi connectivity index (χ0) is 17.1. The lowest BCUT2D eigenvalue weighted by Gasteiger charge is -2.08. The van der Waals surface area contributed by atoms with Crippen LogP contribution in [0.15, 0.2) is 30.4 Å². The monoisotopic (exact) mass is 319 g/mol. The van der Waals surface area contributed by atoms with Gasteiger partial charge in [0.15, 0.2) is 11.5 Å². The van der Waals surface area contributed by atoms with Gasteiger partial charge in [0.25, 0.3) is 0 Å². The lowest BCUT2D eigenvalue weighted by atomic mass is 10.0. The van der Waals surface area contributed by atoms with Gasteiger partial charge in [-0.1, -0.05) is 38.5 Å². The molecule has 0 radical (unpaired) electrons. The van der Waals surface area contributed by atoms with Crippen LogP contribution in [0.5, 0.6) is 11.5 Å². The Morgan fingerprint density at radius 3 is 2.87 bits per heavy atom. The molecule has 0 fully saturated rings. The van der Waals surface area contributed by atoms with Gasteiger partial charge in [0, 0.05) is 13.0 Å². The van der Waals surface area contributed by atoms with Gasteiger partial charge in [0.2, 0.25) is 5.91 Å². The van der Waals surface area contributed by atoms with Crippen LogP contribution >= 0.6 is 0 Å². The van der Waals surface area contributed by atoms with Crippen molar-refractivity contribution in [2.45, 2.75) is 52.5 Å². The number of allylic oxidation sites excluding steroid dienone is 2. The highest BCUT2D eigenvalue weighted by Crippen LogP contribution is 2.26. The van der Waals surface area contributed by atoms with E-state index in [-0.39, 0.29) is 11.7 Å². The molecule has 0 saturated heterocycles. The first kappa shape index (κ1) is 19.1. The highest BCUT2D eigenvalue weighted by molar-refractivity contribution is 5.75. The SMILES string of the molecule is CCC(C)C/C=C/CCCC(=O)NCc1ccc(O)c(OC)c1. The number of unbranched alkanes of at least 4 members (excludes halogenated alkanes) is 1. The highest BCUT2D eigenvalue weighted by Gasteiger charge is 2.04. The van der Waals surface area contributed by atoms with Gasteiger partial charge in [-0.3, -0.25) is 4.79 Å². The van der Waals surface area contributed by atoms with Crippen molar-refractivity contribution in [2.75, 3.05) is 7.11 Å². The summed E-state index contributed by atoms with van der Waals surface area (Å²) in [6, 6.07) is 5.07. The molecule has 1 rings (SSSR count). The Hall–Kier alpha value is -1.97. The third-order valence-corrected chi connectivity index (χ3v) is 3.91. The van der Waals surface area contributed by atoms with Crippen LogP contribution in [0.25, 0.3) is 0 Å². The Balaban J connectivity index is 2.22. The zero-order valence-electron chi connectivity index (χ0n) is 14.5. The molecule has 0 spiro atoms. The first-order chi connectivity index (χ1) is 11.1. The zero-order valence-corrected chi connectivity index (χ0v) is 14.5. The maximum atomic E-state index is 11.8. The Labute approximate surface area is 139 Å². The molecule has 0 bridgehead atoms. The molecular weight excluding hydrogens is 290 g/mol. The molecule has 0 aliphatic heterocycles. The summed E-state index contributed by atoms with van der Waals surface area (Å²) in [5.41, 5.74) is 0.904. The Bertz CT molecular complexity index is 511. The van der Waals surface area contributed by atoms with Crippen LogP contribution in [0.4, 0.5) is 0 Å². The molecule has 23 heavy (non-hydrogen) atoms. The summed E-state index contributed by atoms with van der Waals surface area (Å²) in [5.74, 6) is 1.30. The van der Waals surface area contributed by atoms with Crippen molar-refractivity contribution in [3.8, 4) is 11.5 Å². The summed E-state index contributed by atoms with van der Waals surface area (Å²) in [4.78, 5) is 11.8. The van der Waals surface area contributed by atoms with Crippen LogP contribution in [-0.4, -0.2) is 18.1 Å². The number of nitrogens with one attached hydrogen (secondary N) is 1. The van der Waals surface area contributed by atoms with Gasteiger partial charge in [0.1, 0.15) is 0 Å². The van der Waals surface area contributed by atoms with E-state index in [0.717, 1.165) is 30.7 Å². The van der Waals surface area contributed by atoms with Crippen molar-refractivity contribution in [2.24, 2.45) is 5.92 Å². The second-order valence-electron chi connectivity index (χ2n) is 5.90. The van der Waals surface area contributed by atoms with Gasteiger partial charge in [0.05, 0.1) is 7.11 Å². The number of hydrogen-bond donors (Lipinski definition) is 2. The summed E-state index contributed by atoms with van der Waals surface area (Å²) in [7, 11) is 1.51. The van der Waals surface area contributed by atoms with E-state index in [4.69, 9.17) is 4.74 Å². The number of rotatable bonds is 10. The number of phenols is 1. The van der Waals surface area contributed by atoms with Crippen LogP contribution in [0.1, 0.15) is 51.5 Å². The molecule has 0 heterocycles. The van der Waals surface area contributed by atoms with E-state index in [9.17, 15) is 9.90 Å². The molecule has 1 aromatic rings. The summed E-state index contributed by atoms with van der Waals surface area (Å²) in [6.45, 7) is 4.89.